The molecule has 0 atom stereocenters. The molecule has 0 fully saturated rings. The second-order valence-corrected chi connectivity index (χ2v) is 5.21. The molecular weight excluding hydrogens is 246 g/mol. The highest BCUT2D eigenvalue weighted by Crippen LogP contribution is 2.33. The Labute approximate surface area is 108 Å². The van der Waals surface area contributed by atoms with Gasteiger partial charge in [-0.25, -0.2) is 4.98 Å². The van der Waals surface area contributed by atoms with E-state index in [9.17, 15) is 0 Å². The third-order valence-corrected chi connectivity index (χ3v) is 3.91. The molecule has 0 spiro atoms. The minimum Gasteiger partial charge on any atom is -0.497 e. The van der Waals surface area contributed by atoms with Crippen LogP contribution in [0.15, 0.2) is 24.3 Å². The van der Waals surface area contributed by atoms with Crippen LogP contribution < -0.4 is 10.5 Å². The summed E-state index contributed by atoms with van der Waals surface area (Å²) in [6, 6.07) is 7.76. The summed E-state index contributed by atoms with van der Waals surface area (Å²) in [4.78, 5) is 8.97. The lowest BCUT2D eigenvalue weighted by atomic mass is 10.3. The Hall–Kier alpha value is -2.01. The molecule has 5 heteroatoms. The van der Waals surface area contributed by atoms with Gasteiger partial charge in [-0.05, 0) is 30.7 Å². The third-order valence-electron chi connectivity index (χ3n) is 2.84. The lowest BCUT2D eigenvalue weighted by Gasteiger charge is -1.96. The first-order chi connectivity index (χ1) is 8.67. The lowest BCUT2D eigenvalue weighted by molar-refractivity contribution is 0.415. The van der Waals surface area contributed by atoms with Crippen molar-refractivity contribution in [1.82, 2.24) is 9.97 Å². The molecule has 0 aliphatic carbocycles. The first-order valence-electron chi connectivity index (χ1n) is 5.57. The van der Waals surface area contributed by atoms with E-state index >= 15 is 0 Å². The van der Waals surface area contributed by atoms with Crippen LogP contribution in [0.25, 0.3) is 21.7 Å². The molecule has 3 aromatic rings. The number of rotatable bonds is 2. The van der Waals surface area contributed by atoms with Gasteiger partial charge in [-0.3, -0.25) is 0 Å². The first kappa shape index (κ1) is 11.1. The number of imidazole rings is 1. The average molecular weight is 259 g/mol. The fourth-order valence-electron chi connectivity index (χ4n) is 1.97. The molecule has 2 heterocycles. The normalized spacial score (nSPS) is 11.0. The van der Waals surface area contributed by atoms with E-state index in [2.05, 4.69) is 9.97 Å². The quantitative estimate of drug-likeness (QED) is 0.743. The summed E-state index contributed by atoms with van der Waals surface area (Å²) in [6.07, 6.45) is 0. The number of benzene rings is 1. The number of nitrogen functional groups attached to an aromatic ring is 1. The predicted molar refractivity (Wildman–Crippen MR) is 75.1 cm³/mol. The van der Waals surface area contributed by atoms with Crippen molar-refractivity contribution in [3.8, 4) is 16.5 Å². The van der Waals surface area contributed by atoms with E-state index in [4.69, 9.17) is 10.5 Å². The van der Waals surface area contributed by atoms with Crippen molar-refractivity contribution in [1.29, 1.82) is 0 Å². The fourth-order valence-corrected chi connectivity index (χ4v) is 2.85. The number of nitrogens with zero attached hydrogens (tertiary/aromatic N) is 1. The van der Waals surface area contributed by atoms with Crippen LogP contribution in [0.2, 0.25) is 0 Å². The Morgan fingerprint density at radius 2 is 2.17 bits per heavy atom. The summed E-state index contributed by atoms with van der Waals surface area (Å²) in [6.45, 7) is 2.04. The zero-order chi connectivity index (χ0) is 12.7. The lowest BCUT2D eigenvalue weighted by Crippen LogP contribution is -1.81. The minimum atomic E-state index is 0.806. The number of methoxy groups -OCH3 is 1. The number of ether oxygens (including phenoxy) is 1. The summed E-state index contributed by atoms with van der Waals surface area (Å²) < 4.78 is 5.20. The van der Waals surface area contributed by atoms with Crippen LogP contribution in [0.3, 0.4) is 0 Å². The fraction of sp³-hybridized carbons (Fsp3) is 0.154. The number of nitrogens with one attached hydrogen (secondary N) is 1. The Morgan fingerprint density at radius 3 is 2.83 bits per heavy atom. The molecule has 0 amide bonds. The largest absolute Gasteiger partial charge is 0.497 e. The second kappa shape index (κ2) is 4.03. The zero-order valence-corrected chi connectivity index (χ0v) is 11.0. The second-order valence-electron chi connectivity index (χ2n) is 4.13. The van der Waals surface area contributed by atoms with Crippen LogP contribution in [-0.2, 0) is 0 Å². The molecule has 0 bridgehead atoms. The maximum Gasteiger partial charge on any atom is 0.148 e. The molecule has 0 aliphatic rings. The van der Waals surface area contributed by atoms with Gasteiger partial charge in [0.1, 0.15) is 11.6 Å². The highest BCUT2D eigenvalue weighted by molar-refractivity contribution is 7.19. The summed E-state index contributed by atoms with van der Waals surface area (Å²) >= 11 is 1.55. The molecular formula is C13H13N3OS. The van der Waals surface area contributed by atoms with Gasteiger partial charge in [-0.2, -0.15) is 0 Å². The van der Waals surface area contributed by atoms with Gasteiger partial charge >= 0.3 is 0 Å². The van der Waals surface area contributed by atoms with Crippen LogP contribution in [0.1, 0.15) is 5.56 Å². The van der Waals surface area contributed by atoms with Gasteiger partial charge in [0.2, 0.25) is 0 Å². The van der Waals surface area contributed by atoms with E-state index in [0.29, 0.717) is 0 Å². The number of hydrogen-bond donors (Lipinski definition) is 2. The molecule has 0 saturated heterocycles. The van der Waals surface area contributed by atoms with Crippen molar-refractivity contribution in [3.05, 3.63) is 29.8 Å². The Bertz CT molecular complexity index is 714. The summed E-state index contributed by atoms with van der Waals surface area (Å²) in [5.74, 6) is 1.68. The smallest absolute Gasteiger partial charge is 0.148 e. The van der Waals surface area contributed by atoms with Gasteiger partial charge in [0, 0.05) is 6.07 Å². The topological polar surface area (TPSA) is 63.9 Å². The number of aromatic nitrogens is 2. The van der Waals surface area contributed by atoms with Crippen LogP contribution in [0.4, 0.5) is 5.00 Å². The molecule has 2 aromatic heterocycles. The van der Waals surface area contributed by atoms with Crippen molar-refractivity contribution in [3.63, 3.8) is 0 Å². The molecule has 1 aromatic carbocycles. The molecule has 3 N–H and O–H groups in total. The molecule has 92 valence electrons. The van der Waals surface area contributed by atoms with E-state index < -0.39 is 0 Å². The zero-order valence-electron chi connectivity index (χ0n) is 10.2. The molecule has 0 unspecified atom stereocenters. The van der Waals surface area contributed by atoms with Gasteiger partial charge in [-0.15, -0.1) is 11.3 Å². The maximum atomic E-state index is 5.81. The van der Waals surface area contributed by atoms with Crippen molar-refractivity contribution in [2.45, 2.75) is 6.92 Å². The van der Waals surface area contributed by atoms with Crippen LogP contribution in [0.5, 0.6) is 5.75 Å². The monoisotopic (exact) mass is 259 g/mol. The molecule has 4 nitrogen and oxygen atoms in total. The Morgan fingerprint density at radius 1 is 1.33 bits per heavy atom. The number of hydrogen-bond acceptors (Lipinski definition) is 4. The van der Waals surface area contributed by atoms with E-state index in [-0.39, 0.29) is 0 Å². The standard InChI is InChI=1S/C13H13N3OS/c1-7-5-11(14)18-12(7)13-15-9-4-3-8(17-2)6-10(9)16-13/h3-6H,14H2,1-2H3,(H,15,16). The van der Waals surface area contributed by atoms with Crippen LogP contribution >= 0.6 is 11.3 Å². The first-order valence-corrected chi connectivity index (χ1v) is 6.39. The molecule has 0 saturated carbocycles. The Kier molecular flexibility index (Phi) is 2.48. The average Bonchev–Trinajstić information content (AvgIpc) is 2.90. The van der Waals surface area contributed by atoms with Gasteiger partial charge in [-0.1, -0.05) is 0 Å². The predicted octanol–water partition coefficient (Wildman–Crippen LogP) is 3.19. The number of aryl methyl sites for hydroxylation is 1. The molecule has 3 rings (SSSR count). The number of aromatic amines is 1. The number of anilines is 1. The number of nitrogens with two attached hydrogens (primary N) is 1. The number of thiophene rings is 1. The molecule has 0 aliphatic heterocycles. The Balaban J connectivity index is 2.16. The van der Waals surface area contributed by atoms with Crippen LogP contribution in [-0.4, -0.2) is 17.1 Å². The van der Waals surface area contributed by atoms with Crippen molar-refractivity contribution in [2.75, 3.05) is 12.8 Å². The van der Waals surface area contributed by atoms with Crippen molar-refractivity contribution < 1.29 is 4.74 Å². The number of fused-ring (bicyclic) bond motifs is 1. The highest BCUT2D eigenvalue weighted by Gasteiger charge is 2.11. The summed E-state index contributed by atoms with van der Waals surface area (Å²) in [7, 11) is 1.66. The van der Waals surface area contributed by atoms with E-state index in [1.165, 1.54) is 0 Å². The van der Waals surface area contributed by atoms with Crippen molar-refractivity contribution >= 4 is 27.4 Å². The molecule has 0 radical (unpaired) electrons. The summed E-state index contributed by atoms with van der Waals surface area (Å²) in [5, 5.41) is 0.806. The van der Waals surface area contributed by atoms with Gasteiger partial charge in [0.05, 0.1) is 28.0 Å². The van der Waals surface area contributed by atoms with Crippen LogP contribution in [0, 0.1) is 6.92 Å². The summed E-state index contributed by atoms with van der Waals surface area (Å²) in [5.41, 5.74) is 8.85. The van der Waals surface area contributed by atoms with E-state index in [0.717, 1.165) is 38.0 Å². The van der Waals surface area contributed by atoms with E-state index in [1.807, 2.05) is 31.2 Å². The third kappa shape index (κ3) is 1.73. The van der Waals surface area contributed by atoms with Crippen molar-refractivity contribution in [2.24, 2.45) is 0 Å². The van der Waals surface area contributed by atoms with E-state index in [1.54, 1.807) is 18.4 Å². The van der Waals surface area contributed by atoms with Gasteiger partial charge in [0.25, 0.3) is 0 Å². The van der Waals surface area contributed by atoms with Gasteiger partial charge < -0.3 is 15.5 Å². The SMILES string of the molecule is COc1ccc2nc(-c3sc(N)cc3C)[nH]c2c1. The van der Waals surface area contributed by atoms with Gasteiger partial charge in [0.15, 0.2) is 0 Å². The maximum absolute atomic E-state index is 5.81. The minimum absolute atomic E-state index is 0.806. The molecule has 18 heavy (non-hydrogen) atoms. The highest BCUT2D eigenvalue weighted by atomic mass is 32.1. The number of H-pyrrole nitrogens is 1.